The number of aliphatic hydroxyl groups excluding tert-OH is 1. The van der Waals surface area contributed by atoms with Gasteiger partial charge in [0.2, 0.25) is 0 Å². The number of hydrogen-bond acceptors (Lipinski definition) is 5. The van der Waals surface area contributed by atoms with Gasteiger partial charge < -0.3 is 20.5 Å². The standard InChI is InChI=1S/C30H32N4O3/c35-18-15-31-29(36)23-11-14-25-26(19-23)33-30(37)27(25)28(22-7-3-1-4-8-22)32-24-12-9-21(10-13-24)20-34-16-5-2-6-17-34/h1,3-4,7-14,19,33,35,37H,2,5-6,15-18,20H2,(H,31,36). The maximum absolute atomic E-state index is 12.4. The lowest BCUT2D eigenvalue weighted by molar-refractivity contribution is 0.0945. The van der Waals surface area contributed by atoms with Crippen molar-refractivity contribution in [1.29, 1.82) is 0 Å². The van der Waals surface area contributed by atoms with E-state index in [2.05, 4.69) is 27.3 Å². The second-order valence-corrected chi connectivity index (χ2v) is 9.42. The van der Waals surface area contributed by atoms with Gasteiger partial charge in [-0.3, -0.25) is 9.69 Å². The second-order valence-electron chi connectivity index (χ2n) is 9.42. The van der Waals surface area contributed by atoms with Crippen LogP contribution in [0, 0.1) is 0 Å². The van der Waals surface area contributed by atoms with Crippen molar-refractivity contribution in [1.82, 2.24) is 15.2 Å². The molecule has 3 aromatic carbocycles. The summed E-state index contributed by atoms with van der Waals surface area (Å²) in [4.78, 5) is 22.9. The van der Waals surface area contributed by atoms with Crippen LogP contribution in [0.2, 0.25) is 0 Å². The normalized spacial score (nSPS) is 14.7. The number of carbonyl (C=O) groups is 1. The van der Waals surface area contributed by atoms with Crippen LogP contribution in [0.4, 0.5) is 5.69 Å². The summed E-state index contributed by atoms with van der Waals surface area (Å²) in [5.74, 6) is -0.291. The molecule has 37 heavy (non-hydrogen) atoms. The molecule has 4 aromatic rings. The summed E-state index contributed by atoms with van der Waals surface area (Å²) in [6, 6.07) is 23.3. The molecule has 190 valence electrons. The zero-order chi connectivity index (χ0) is 25.6. The number of aliphatic imine (C=N–C) groups is 1. The summed E-state index contributed by atoms with van der Waals surface area (Å²) in [6.07, 6.45) is 3.86. The van der Waals surface area contributed by atoms with Gasteiger partial charge in [-0.05, 0) is 55.8 Å². The fraction of sp³-hybridized carbons (Fsp3) is 0.267. The molecule has 1 aliphatic rings. The third kappa shape index (κ3) is 5.74. The average Bonchev–Trinajstić information content (AvgIpc) is 3.27. The Kier molecular flexibility index (Phi) is 7.63. The highest BCUT2D eigenvalue weighted by Gasteiger charge is 2.20. The first kappa shape index (κ1) is 24.7. The summed E-state index contributed by atoms with van der Waals surface area (Å²) >= 11 is 0. The molecule has 0 saturated carbocycles. The number of nitrogens with zero attached hydrogens (tertiary/aromatic N) is 2. The Hall–Kier alpha value is -3.94. The number of fused-ring (bicyclic) bond motifs is 1. The average molecular weight is 497 g/mol. The van der Waals surface area contributed by atoms with E-state index in [1.54, 1.807) is 12.1 Å². The van der Waals surface area contributed by atoms with E-state index in [1.165, 1.54) is 24.8 Å². The minimum absolute atomic E-state index is 0.00719. The van der Waals surface area contributed by atoms with Crippen LogP contribution in [0.25, 0.3) is 10.9 Å². The van der Waals surface area contributed by atoms with Crippen LogP contribution >= 0.6 is 0 Å². The number of aliphatic hydroxyl groups is 1. The Labute approximate surface area is 216 Å². The number of benzene rings is 3. The van der Waals surface area contributed by atoms with Crippen molar-refractivity contribution in [3.05, 3.63) is 95.1 Å². The van der Waals surface area contributed by atoms with Crippen molar-refractivity contribution in [3.8, 4) is 5.88 Å². The molecule has 1 saturated heterocycles. The fourth-order valence-electron chi connectivity index (χ4n) is 4.88. The molecule has 7 nitrogen and oxygen atoms in total. The van der Waals surface area contributed by atoms with Gasteiger partial charge in [-0.2, -0.15) is 0 Å². The highest BCUT2D eigenvalue weighted by Crippen LogP contribution is 2.32. The third-order valence-corrected chi connectivity index (χ3v) is 6.75. The van der Waals surface area contributed by atoms with E-state index in [4.69, 9.17) is 10.1 Å². The van der Waals surface area contributed by atoms with Crippen LogP contribution in [-0.4, -0.2) is 58.0 Å². The number of likely N-dealkylation sites (tertiary alicyclic amines) is 1. The zero-order valence-corrected chi connectivity index (χ0v) is 20.8. The van der Waals surface area contributed by atoms with Crippen molar-refractivity contribution in [3.63, 3.8) is 0 Å². The smallest absolute Gasteiger partial charge is 0.251 e. The number of aromatic nitrogens is 1. The number of H-pyrrole nitrogens is 1. The molecule has 1 aromatic heterocycles. The number of aromatic hydroxyl groups is 1. The van der Waals surface area contributed by atoms with Gasteiger partial charge in [0.05, 0.1) is 23.6 Å². The topological polar surface area (TPSA) is 101 Å². The van der Waals surface area contributed by atoms with Gasteiger partial charge in [-0.1, -0.05) is 55.0 Å². The number of aromatic amines is 1. The monoisotopic (exact) mass is 496 g/mol. The van der Waals surface area contributed by atoms with Gasteiger partial charge >= 0.3 is 0 Å². The zero-order valence-electron chi connectivity index (χ0n) is 20.8. The second kappa shape index (κ2) is 11.4. The Morgan fingerprint density at radius 3 is 2.43 bits per heavy atom. The molecule has 1 fully saturated rings. The first-order chi connectivity index (χ1) is 18.1. The van der Waals surface area contributed by atoms with Crippen molar-refractivity contribution < 1.29 is 15.0 Å². The van der Waals surface area contributed by atoms with E-state index < -0.39 is 0 Å². The summed E-state index contributed by atoms with van der Waals surface area (Å²) in [7, 11) is 0. The number of nitrogens with one attached hydrogen (secondary N) is 2. The van der Waals surface area contributed by atoms with E-state index >= 15 is 0 Å². The van der Waals surface area contributed by atoms with Crippen LogP contribution in [-0.2, 0) is 6.54 Å². The molecule has 1 aliphatic heterocycles. The van der Waals surface area contributed by atoms with Gasteiger partial charge in [-0.15, -0.1) is 0 Å². The van der Waals surface area contributed by atoms with Gasteiger partial charge in [0.25, 0.3) is 5.91 Å². The molecule has 1 amide bonds. The molecule has 2 heterocycles. The molecule has 0 radical (unpaired) electrons. The van der Waals surface area contributed by atoms with E-state index in [-0.39, 0.29) is 24.9 Å². The quantitative estimate of drug-likeness (QED) is 0.265. The maximum Gasteiger partial charge on any atom is 0.251 e. The van der Waals surface area contributed by atoms with Crippen molar-refractivity contribution in [2.24, 2.45) is 4.99 Å². The van der Waals surface area contributed by atoms with E-state index in [1.807, 2.05) is 48.5 Å². The minimum atomic E-state index is -0.284. The summed E-state index contributed by atoms with van der Waals surface area (Å²) < 4.78 is 0. The highest BCUT2D eigenvalue weighted by molar-refractivity contribution is 6.22. The van der Waals surface area contributed by atoms with Crippen molar-refractivity contribution in [2.45, 2.75) is 25.8 Å². The van der Waals surface area contributed by atoms with Crippen LogP contribution < -0.4 is 5.32 Å². The maximum atomic E-state index is 12.4. The van der Waals surface area contributed by atoms with Crippen LogP contribution in [0.5, 0.6) is 5.88 Å². The Morgan fingerprint density at radius 2 is 1.70 bits per heavy atom. The molecular formula is C30H32N4O3. The Bertz CT molecular complexity index is 1390. The number of carbonyl (C=O) groups excluding carboxylic acids is 1. The number of piperidine rings is 1. The van der Waals surface area contributed by atoms with Crippen LogP contribution in [0.15, 0.2) is 77.8 Å². The summed E-state index contributed by atoms with van der Waals surface area (Å²) in [6.45, 7) is 3.32. The van der Waals surface area contributed by atoms with Gasteiger partial charge in [0.1, 0.15) is 0 Å². The molecule has 0 spiro atoms. The van der Waals surface area contributed by atoms with Crippen molar-refractivity contribution >= 4 is 28.2 Å². The van der Waals surface area contributed by atoms with Crippen molar-refractivity contribution in [2.75, 3.05) is 26.2 Å². The number of amides is 1. The highest BCUT2D eigenvalue weighted by atomic mass is 16.3. The summed E-state index contributed by atoms with van der Waals surface area (Å²) in [5, 5.41) is 23.4. The molecule has 0 unspecified atom stereocenters. The Balaban J connectivity index is 1.50. The molecule has 0 aliphatic carbocycles. The lowest BCUT2D eigenvalue weighted by Gasteiger charge is -2.26. The van der Waals surface area contributed by atoms with Crippen LogP contribution in [0.3, 0.4) is 0 Å². The van der Waals surface area contributed by atoms with E-state index in [0.29, 0.717) is 22.4 Å². The molecular weight excluding hydrogens is 464 g/mol. The molecule has 5 rings (SSSR count). The predicted octanol–water partition coefficient (Wildman–Crippen LogP) is 4.75. The van der Waals surface area contributed by atoms with E-state index in [9.17, 15) is 9.90 Å². The molecule has 0 bridgehead atoms. The third-order valence-electron chi connectivity index (χ3n) is 6.75. The first-order valence-electron chi connectivity index (χ1n) is 12.8. The lowest BCUT2D eigenvalue weighted by atomic mass is 10.00. The molecule has 7 heteroatoms. The first-order valence-corrected chi connectivity index (χ1v) is 12.8. The lowest BCUT2D eigenvalue weighted by Crippen LogP contribution is -2.28. The van der Waals surface area contributed by atoms with Gasteiger partial charge in [0, 0.05) is 35.1 Å². The fourth-order valence-corrected chi connectivity index (χ4v) is 4.88. The molecule has 4 N–H and O–H groups in total. The Morgan fingerprint density at radius 1 is 0.946 bits per heavy atom. The van der Waals surface area contributed by atoms with Crippen LogP contribution in [0.1, 0.15) is 46.3 Å². The largest absolute Gasteiger partial charge is 0.494 e. The summed E-state index contributed by atoms with van der Waals surface area (Å²) in [5.41, 5.74) is 5.24. The number of hydrogen-bond donors (Lipinski definition) is 4. The van der Waals surface area contributed by atoms with E-state index in [0.717, 1.165) is 36.3 Å². The predicted molar refractivity (Wildman–Crippen MR) is 147 cm³/mol. The SMILES string of the molecule is O=C(NCCO)c1ccc2c(C(=Nc3ccc(CN4CCCCC4)cc3)c3ccccc3)c(O)[nH]c2c1. The minimum Gasteiger partial charge on any atom is -0.494 e. The molecule has 0 atom stereocenters. The van der Waals surface area contributed by atoms with Gasteiger partial charge in [-0.25, -0.2) is 4.99 Å². The number of rotatable bonds is 8. The van der Waals surface area contributed by atoms with Gasteiger partial charge in [0.15, 0.2) is 5.88 Å².